The minimum Gasteiger partial charge on any atom is -0.494 e. The van der Waals surface area contributed by atoms with Gasteiger partial charge in [-0.25, -0.2) is 4.52 Å². The topological polar surface area (TPSA) is 51.5 Å². The number of aromatic nitrogens is 3. The Labute approximate surface area is 123 Å². The Balaban J connectivity index is 1.74. The van der Waals surface area contributed by atoms with Gasteiger partial charge in [0.1, 0.15) is 5.75 Å². The van der Waals surface area contributed by atoms with Crippen LogP contribution in [0.4, 0.5) is 5.95 Å². The average molecular weight is 282 g/mol. The molecule has 0 saturated carbocycles. The van der Waals surface area contributed by atoms with Crippen molar-refractivity contribution in [1.82, 2.24) is 14.6 Å². The van der Waals surface area contributed by atoms with Crippen molar-refractivity contribution in [1.29, 1.82) is 0 Å². The lowest BCUT2D eigenvalue weighted by Gasteiger charge is -2.06. The Morgan fingerprint density at radius 1 is 1.19 bits per heavy atom. The van der Waals surface area contributed by atoms with Gasteiger partial charge < -0.3 is 10.1 Å². The number of aryl methyl sites for hydroxylation is 1. The van der Waals surface area contributed by atoms with E-state index < -0.39 is 0 Å². The van der Waals surface area contributed by atoms with Gasteiger partial charge in [-0.05, 0) is 43.7 Å². The fourth-order valence-electron chi connectivity index (χ4n) is 2.20. The first-order valence-corrected chi connectivity index (χ1v) is 7.04. The summed E-state index contributed by atoms with van der Waals surface area (Å²) in [5.74, 6) is 1.52. The molecule has 0 unspecified atom stereocenters. The standard InChI is InChI=1S/C16H18N4O/c1-3-21-14-8-5-7-13(10-14)11-17-16-18-15-9-4-6-12(2)20(15)19-16/h4-10H,3,11H2,1-2H3,(H,17,19). The molecule has 0 spiro atoms. The summed E-state index contributed by atoms with van der Waals surface area (Å²) in [6.07, 6.45) is 0. The molecule has 108 valence electrons. The highest BCUT2D eigenvalue weighted by molar-refractivity contribution is 5.44. The van der Waals surface area contributed by atoms with Crippen LogP contribution in [-0.2, 0) is 6.54 Å². The van der Waals surface area contributed by atoms with E-state index in [1.165, 1.54) is 0 Å². The maximum absolute atomic E-state index is 5.50. The number of nitrogens with zero attached hydrogens (tertiary/aromatic N) is 3. The predicted molar refractivity (Wildman–Crippen MR) is 82.7 cm³/mol. The third-order valence-electron chi connectivity index (χ3n) is 3.21. The molecule has 2 aromatic heterocycles. The van der Waals surface area contributed by atoms with Crippen molar-refractivity contribution in [3.05, 3.63) is 53.7 Å². The van der Waals surface area contributed by atoms with Gasteiger partial charge in [-0.1, -0.05) is 18.2 Å². The molecule has 0 aliphatic heterocycles. The van der Waals surface area contributed by atoms with Gasteiger partial charge in [0.25, 0.3) is 0 Å². The van der Waals surface area contributed by atoms with E-state index in [4.69, 9.17) is 4.74 Å². The summed E-state index contributed by atoms with van der Waals surface area (Å²) in [6.45, 7) is 5.33. The molecule has 0 amide bonds. The van der Waals surface area contributed by atoms with Crippen molar-refractivity contribution in [2.24, 2.45) is 0 Å². The number of hydrogen-bond acceptors (Lipinski definition) is 4. The summed E-state index contributed by atoms with van der Waals surface area (Å²) in [6, 6.07) is 14.0. The van der Waals surface area contributed by atoms with Crippen molar-refractivity contribution < 1.29 is 4.74 Å². The van der Waals surface area contributed by atoms with Gasteiger partial charge in [0, 0.05) is 12.2 Å². The molecule has 3 aromatic rings. The zero-order valence-electron chi connectivity index (χ0n) is 12.2. The smallest absolute Gasteiger partial charge is 0.243 e. The molecule has 0 aliphatic carbocycles. The van der Waals surface area contributed by atoms with Crippen molar-refractivity contribution in [3.8, 4) is 5.75 Å². The zero-order valence-corrected chi connectivity index (χ0v) is 12.2. The molecule has 5 heteroatoms. The predicted octanol–water partition coefficient (Wildman–Crippen LogP) is 3.05. The van der Waals surface area contributed by atoms with Crippen LogP contribution in [0.15, 0.2) is 42.5 Å². The molecular formula is C16H18N4O. The Morgan fingerprint density at radius 2 is 2.05 bits per heavy atom. The highest BCUT2D eigenvalue weighted by Crippen LogP contribution is 2.15. The van der Waals surface area contributed by atoms with E-state index in [-0.39, 0.29) is 0 Å². The first-order valence-electron chi connectivity index (χ1n) is 7.04. The Kier molecular flexibility index (Phi) is 3.73. The van der Waals surface area contributed by atoms with Gasteiger partial charge in [-0.3, -0.25) is 0 Å². The summed E-state index contributed by atoms with van der Waals surface area (Å²) in [4.78, 5) is 4.46. The molecule has 0 atom stereocenters. The lowest BCUT2D eigenvalue weighted by molar-refractivity contribution is 0.340. The molecule has 0 bridgehead atoms. The first-order chi connectivity index (χ1) is 10.3. The molecular weight excluding hydrogens is 264 g/mol. The monoisotopic (exact) mass is 282 g/mol. The highest BCUT2D eigenvalue weighted by Gasteiger charge is 2.04. The molecule has 1 N–H and O–H groups in total. The number of fused-ring (bicyclic) bond motifs is 1. The van der Waals surface area contributed by atoms with Crippen molar-refractivity contribution in [2.75, 3.05) is 11.9 Å². The fourth-order valence-corrected chi connectivity index (χ4v) is 2.20. The minimum atomic E-state index is 0.631. The van der Waals surface area contributed by atoms with Crippen LogP contribution in [0.3, 0.4) is 0 Å². The average Bonchev–Trinajstić information content (AvgIpc) is 2.91. The van der Waals surface area contributed by atoms with Gasteiger partial charge in [-0.15, -0.1) is 5.10 Å². The molecule has 0 aliphatic rings. The first kappa shape index (κ1) is 13.4. The number of ether oxygens (including phenoxy) is 1. The van der Waals surface area contributed by atoms with E-state index in [0.29, 0.717) is 19.1 Å². The lowest BCUT2D eigenvalue weighted by atomic mass is 10.2. The molecule has 1 aromatic carbocycles. The van der Waals surface area contributed by atoms with Crippen molar-refractivity contribution in [2.45, 2.75) is 20.4 Å². The van der Waals surface area contributed by atoms with E-state index in [0.717, 1.165) is 22.7 Å². The highest BCUT2D eigenvalue weighted by atomic mass is 16.5. The van der Waals surface area contributed by atoms with Gasteiger partial charge in [0.2, 0.25) is 5.95 Å². The third-order valence-corrected chi connectivity index (χ3v) is 3.21. The van der Waals surface area contributed by atoms with Crippen LogP contribution in [-0.4, -0.2) is 21.2 Å². The van der Waals surface area contributed by atoms with Gasteiger partial charge >= 0.3 is 0 Å². The molecule has 0 fully saturated rings. The molecule has 3 rings (SSSR count). The maximum Gasteiger partial charge on any atom is 0.243 e. The van der Waals surface area contributed by atoms with Crippen molar-refractivity contribution in [3.63, 3.8) is 0 Å². The van der Waals surface area contributed by atoms with E-state index in [1.54, 1.807) is 0 Å². The maximum atomic E-state index is 5.50. The second-order valence-electron chi connectivity index (χ2n) is 4.81. The lowest BCUT2D eigenvalue weighted by Crippen LogP contribution is -2.02. The fraction of sp³-hybridized carbons (Fsp3) is 0.250. The minimum absolute atomic E-state index is 0.631. The second kappa shape index (κ2) is 5.83. The van der Waals surface area contributed by atoms with Crippen molar-refractivity contribution >= 4 is 11.6 Å². The van der Waals surface area contributed by atoms with Crippen LogP contribution in [0, 0.1) is 6.92 Å². The molecule has 5 nitrogen and oxygen atoms in total. The summed E-state index contributed by atoms with van der Waals surface area (Å²) in [5.41, 5.74) is 3.04. The SMILES string of the molecule is CCOc1cccc(CNc2nc3cccc(C)n3n2)c1. The molecule has 0 radical (unpaired) electrons. The van der Waals surface area contributed by atoms with Gasteiger partial charge in [-0.2, -0.15) is 4.98 Å². The quantitative estimate of drug-likeness (QED) is 0.781. The summed E-state index contributed by atoms with van der Waals surface area (Å²) in [7, 11) is 0. The number of rotatable bonds is 5. The number of pyridine rings is 1. The Hall–Kier alpha value is -2.56. The normalized spacial score (nSPS) is 10.8. The van der Waals surface area contributed by atoms with E-state index in [9.17, 15) is 0 Å². The summed E-state index contributed by atoms with van der Waals surface area (Å²) < 4.78 is 7.33. The zero-order chi connectivity index (χ0) is 14.7. The number of benzene rings is 1. The second-order valence-corrected chi connectivity index (χ2v) is 4.81. The van der Waals surface area contributed by atoms with Gasteiger partial charge in [0.05, 0.1) is 6.61 Å². The van der Waals surface area contributed by atoms with Crippen LogP contribution < -0.4 is 10.1 Å². The van der Waals surface area contributed by atoms with Crippen LogP contribution in [0.25, 0.3) is 5.65 Å². The molecule has 21 heavy (non-hydrogen) atoms. The van der Waals surface area contributed by atoms with Gasteiger partial charge in [0.15, 0.2) is 5.65 Å². The molecule has 2 heterocycles. The third kappa shape index (κ3) is 2.97. The van der Waals surface area contributed by atoms with Crippen LogP contribution in [0.1, 0.15) is 18.2 Å². The van der Waals surface area contributed by atoms with E-state index in [2.05, 4.69) is 21.5 Å². The number of hydrogen-bond donors (Lipinski definition) is 1. The summed E-state index contributed by atoms with van der Waals surface area (Å²) in [5, 5.41) is 7.70. The van der Waals surface area contributed by atoms with Crippen LogP contribution >= 0.6 is 0 Å². The largest absolute Gasteiger partial charge is 0.494 e. The number of nitrogens with one attached hydrogen (secondary N) is 1. The summed E-state index contributed by atoms with van der Waals surface area (Å²) >= 11 is 0. The Bertz CT molecular complexity index is 751. The van der Waals surface area contributed by atoms with Crippen LogP contribution in [0.5, 0.6) is 5.75 Å². The van der Waals surface area contributed by atoms with Crippen LogP contribution in [0.2, 0.25) is 0 Å². The number of anilines is 1. The van der Waals surface area contributed by atoms with E-state index in [1.807, 2.05) is 54.8 Å². The molecule has 0 saturated heterocycles. The Morgan fingerprint density at radius 3 is 2.86 bits per heavy atom. The van der Waals surface area contributed by atoms with E-state index >= 15 is 0 Å².